The van der Waals surface area contributed by atoms with Crippen LogP contribution in [0, 0.1) is 0 Å². The normalized spacial score (nSPS) is 9.56. The molecule has 1 rings (SSSR count). The van der Waals surface area contributed by atoms with E-state index in [0.29, 0.717) is 11.6 Å². The zero-order chi connectivity index (χ0) is 6.69. The summed E-state index contributed by atoms with van der Waals surface area (Å²) in [5.41, 5.74) is 0. The van der Waals surface area contributed by atoms with Crippen LogP contribution in [-0.2, 0) is 0 Å². The van der Waals surface area contributed by atoms with E-state index in [0.717, 1.165) is 5.75 Å². The summed E-state index contributed by atoms with van der Waals surface area (Å²) in [6.45, 7) is 2.57. The summed E-state index contributed by atoms with van der Waals surface area (Å²) in [5.74, 6) is 0.721. The standard InChI is InChI=1S/C6H8ClNO/c1-2-9-6-4-8-3-5(6)7/h3-4,8H,2H2,1H3. The van der Waals surface area contributed by atoms with E-state index in [2.05, 4.69) is 4.98 Å². The van der Waals surface area contributed by atoms with Gasteiger partial charge in [-0.15, -0.1) is 0 Å². The predicted molar refractivity (Wildman–Crippen MR) is 37.0 cm³/mol. The van der Waals surface area contributed by atoms with Crippen LogP contribution in [-0.4, -0.2) is 11.6 Å². The first-order chi connectivity index (χ1) is 4.34. The van der Waals surface area contributed by atoms with Crippen LogP contribution >= 0.6 is 11.6 Å². The number of nitrogens with one attached hydrogen (secondary N) is 1. The van der Waals surface area contributed by atoms with Crippen molar-refractivity contribution < 1.29 is 4.74 Å². The van der Waals surface area contributed by atoms with E-state index in [-0.39, 0.29) is 0 Å². The molecule has 0 atom stereocenters. The Morgan fingerprint density at radius 2 is 2.44 bits per heavy atom. The van der Waals surface area contributed by atoms with Gasteiger partial charge in [-0.05, 0) is 6.92 Å². The second-order valence-corrected chi connectivity index (χ2v) is 2.01. The summed E-state index contributed by atoms with van der Waals surface area (Å²) in [5, 5.41) is 0.636. The number of ether oxygens (including phenoxy) is 1. The van der Waals surface area contributed by atoms with Gasteiger partial charge in [0.2, 0.25) is 0 Å². The number of aromatic amines is 1. The molecule has 0 spiro atoms. The molecule has 0 aliphatic rings. The molecule has 2 nitrogen and oxygen atoms in total. The van der Waals surface area contributed by atoms with Crippen molar-refractivity contribution in [3.05, 3.63) is 17.4 Å². The fourth-order valence-corrected chi connectivity index (χ4v) is 0.769. The summed E-state index contributed by atoms with van der Waals surface area (Å²) >= 11 is 5.66. The molecule has 3 heteroatoms. The average molecular weight is 146 g/mol. The molecule has 0 saturated carbocycles. The zero-order valence-corrected chi connectivity index (χ0v) is 5.90. The van der Waals surface area contributed by atoms with E-state index in [4.69, 9.17) is 16.3 Å². The molecular formula is C6H8ClNO. The Morgan fingerprint density at radius 1 is 1.67 bits per heavy atom. The molecule has 1 aromatic heterocycles. The van der Waals surface area contributed by atoms with Gasteiger partial charge in [-0.1, -0.05) is 11.6 Å². The quantitative estimate of drug-likeness (QED) is 0.677. The van der Waals surface area contributed by atoms with Crippen LogP contribution in [0.25, 0.3) is 0 Å². The molecule has 9 heavy (non-hydrogen) atoms. The lowest BCUT2D eigenvalue weighted by Crippen LogP contribution is -1.88. The molecule has 1 heterocycles. The lowest BCUT2D eigenvalue weighted by molar-refractivity contribution is 0.341. The van der Waals surface area contributed by atoms with Gasteiger partial charge in [-0.3, -0.25) is 0 Å². The Labute approximate surface area is 58.8 Å². The van der Waals surface area contributed by atoms with Crippen LogP contribution < -0.4 is 4.74 Å². The summed E-state index contributed by atoms with van der Waals surface area (Å²) < 4.78 is 5.11. The van der Waals surface area contributed by atoms with E-state index >= 15 is 0 Å². The largest absolute Gasteiger partial charge is 0.491 e. The van der Waals surface area contributed by atoms with Gasteiger partial charge in [0.1, 0.15) is 5.02 Å². The van der Waals surface area contributed by atoms with Gasteiger partial charge in [0.25, 0.3) is 0 Å². The fourth-order valence-electron chi connectivity index (χ4n) is 0.597. The van der Waals surface area contributed by atoms with E-state index in [1.54, 1.807) is 12.4 Å². The maximum absolute atomic E-state index is 5.66. The monoisotopic (exact) mass is 145 g/mol. The summed E-state index contributed by atoms with van der Waals surface area (Å²) in [4.78, 5) is 2.83. The number of halogens is 1. The maximum Gasteiger partial charge on any atom is 0.155 e. The Morgan fingerprint density at radius 3 is 2.89 bits per heavy atom. The highest BCUT2D eigenvalue weighted by atomic mass is 35.5. The minimum atomic E-state index is 0.636. The summed E-state index contributed by atoms with van der Waals surface area (Å²) in [6.07, 6.45) is 3.42. The van der Waals surface area contributed by atoms with Gasteiger partial charge in [-0.2, -0.15) is 0 Å². The smallest absolute Gasteiger partial charge is 0.155 e. The third-order valence-electron chi connectivity index (χ3n) is 0.960. The molecule has 0 aromatic carbocycles. The highest BCUT2D eigenvalue weighted by Crippen LogP contribution is 2.22. The molecule has 1 N–H and O–H groups in total. The minimum absolute atomic E-state index is 0.636. The molecule has 0 saturated heterocycles. The number of hydrogen-bond acceptors (Lipinski definition) is 1. The zero-order valence-electron chi connectivity index (χ0n) is 5.15. The first-order valence-electron chi connectivity index (χ1n) is 2.79. The van der Waals surface area contributed by atoms with E-state index in [1.807, 2.05) is 6.92 Å². The van der Waals surface area contributed by atoms with Crippen molar-refractivity contribution in [2.45, 2.75) is 6.92 Å². The van der Waals surface area contributed by atoms with Crippen LogP contribution in [0.3, 0.4) is 0 Å². The Hall–Kier alpha value is -0.630. The van der Waals surface area contributed by atoms with Gasteiger partial charge in [0.05, 0.1) is 6.61 Å². The third-order valence-corrected chi connectivity index (χ3v) is 1.26. The molecule has 0 aliphatic heterocycles. The second-order valence-electron chi connectivity index (χ2n) is 1.60. The van der Waals surface area contributed by atoms with Crippen molar-refractivity contribution in [1.82, 2.24) is 4.98 Å². The molecule has 1 aromatic rings. The van der Waals surface area contributed by atoms with Gasteiger partial charge < -0.3 is 9.72 Å². The van der Waals surface area contributed by atoms with Crippen molar-refractivity contribution in [3.8, 4) is 5.75 Å². The van der Waals surface area contributed by atoms with Crippen molar-refractivity contribution in [2.75, 3.05) is 6.61 Å². The molecular weight excluding hydrogens is 138 g/mol. The fraction of sp³-hybridized carbons (Fsp3) is 0.333. The lowest BCUT2D eigenvalue weighted by atomic mass is 10.6. The van der Waals surface area contributed by atoms with E-state index in [1.165, 1.54) is 0 Å². The van der Waals surface area contributed by atoms with Crippen LogP contribution in [0.4, 0.5) is 0 Å². The van der Waals surface area contributed by atoms with Crippen molar-refractivity contribution in [1.29, 1.82) is 0 Å². The highest BCUT2D eigenvalue weighted by Gasteiger charge is 1.97. The number of aromatic nitrogens is 1. The molecule has 0 bridgehead atoms. The van der Waals surface area contributed by atoms with Crippen LogP contribution in [0.1, 0.15) is 6.92 Å². The molecule has 0 amide bonds. The first kappa shape index (κ1) is 6.49. The molecule has 0 radical (unpaired) electrons. The Kier molecular flexibility index (Phi) is 2.01. The van der Waals surface area contributed by atoms with E-state index < -0.39 is 0 Å². The molecule has 50 valence electrons. The van der Waals surface area contributed by atoms with Crippen LogP contribution in [0.2, 0.25) is 5.02 Å². The highest BCUT2D eigenvalue weighted by molar-refractivity contribution is 6.31. The van der Waals surface area contributed by atoms with Crippen LogP contribution in [0.15, 0.2) is 12.4 Å². The van der Waals surface area contributed by atoms with Crippen molar-refractivity contribution in [2.24, 2.45) is 0 Å². The minimum Gasteiger partial charge on any atom is -0.491 e. The van der Waals surface area contributed by atoms with Gasteiger partial charge >= 0.3 is 0 Å². The molecule has 0 aliphatic carbocycles. The Balaban J connectivity index is 2.69. The van der Waals surface area contributed by atoms with Crippen molar-refractivity contribution >= 4 is 11.6 Å². The van der Waals surface area contributed by atoms with Crippen LogP contribution in [0.5, 0.6) is 5.75 Å². The van der Waals surface area contributed by atoms with Gasteiger partial charge in [0, 0.05) is 12.4 Å². The van der Waals surface area contributed by atoms with Gasteiger partial charge in [-0.25, -0.2) is 0 Å². The lowest BCUT2D eigenvalue weighted by Gasteiger charge is -1.96. The number of rotatable bonds is 2. The summed E-state index contributed by atoms with van der Waals surface area (Å²) in [7, 11) is 0. The SMILES string of the molecule is CCOc1c[nH]cc1Cl. The molecule has 0 unspecified atom stereocenters. The average Bonchev–Trinajstić information content (AvgIpc) is 2.18. The predicted octanol–water partition coefficient (Wildman–Crippen LogP) is 2.07. The molecule has 0 fully saturated rings. The van der Waals surface area contributed by atoms with Gasteiger partial charge in [0.15, 0.2) is 5.75 Å². The maximum atomic E-state index is 5.66. The third kappa shape index (κ3) is 1.39. The number of H-pyrrole nitrogens is 1. The Bertz CT molecular complexity index is 185. The van der Waals surface area contributed by atoms with Crippen molar-refractivity contribution in [3.63, 3.8) is 0 Å². The first-order valence-corrected chi connectivity index (χ1v) is 3.17. The number of hydrogen-bond donors (Lipinski definition) is 1. The second kappa shape index (κ2) is 2.78. The summed E-state index contributed by atoms with van der Waals surface area (Å²) in [6, 6.07) is 0. The van der Waals surface area contributed by atoms with E-state index in [9.17, 15) is 0 Å². The topological polar surface area (TPSA) is 25.0 Å².